The summed E-state index contributed by atoms with van der Waals surface area (Å²) in [6, 6.07) is 6.61. The largest absolute Gasteiger partial charge is 0.353 e. The molecule has 0 saturated carbocycles. The molecule has 2 amide bonds. The monoisotopic (exact) mass is 311 g/mol. The van der Waals surface area contributed by atoms with Crippen LogP contribution in [0.3, 0.4) is 0 Å². The van der Waals surface area contributed by atoms with Crippen LogP contribution in [0.2, 0.25) is 5.02 Å². The van der Waals surface area contributed by atoms with Crippen LogP contribution >= 0.6 is 11.6 Å². The lowest BCUT2D eigenvalue weighted by molar-refractivity contribution is -0.125. The maximum atomic E-state index is 12.1. The third-order valence-electron chi connectivity index (χ3n) is 2.98. The third-order valence-corrected chi connectivity index (χ3v) is 3.21. The highest BCUT2D eigenvalue weighted by Gasteiger charge is 2.20. The van der Waals surface area contributed by atoms with E-state index in [2.05, 4.69) is 10.6 Å². The summed E-state index contributed by atoms with van der Waals surface area (Å²) >= 11 is 5.87. The molecule has 1 rings (SSSR count). The Hall–Kier alpha value is -1.59. The van der Waals surface area contributed by atoms with Gasteiger partial charge in [0, 0.05) is 16.8 Å². The average Bonchev–Trinajstić information content (AvgIpc) is 2.36. The van der Waals surface area contributed by atoms with Gasteiger partial charge in [0.25, 0.3) is 0 Å². The van der Waals surface area contributed by atoms with Gasteiger partial charge >= 0.3 is 0 Å². The van der Waals surface area contributed by atoms with Gasteiger partial charge in [-0.3, -0.25) is 14.5 Å². The zero-order chi connectivity index (χ0) is 16.0. The third kappa shape index (κ3) is 6.14. The first-order chi connectivity index (χ1) is 9.79. The molecule has 1 aromatic rings. The van der Waals surface area contributed by atoms with E-state index in [1.807, 2.05) is 13.8 Å². The van der Waals surface area contributed by atoms with E-state index in [1.165, 1.54) is 0 Å². The quantitative estimate of drug-likeness (QED) is 0.846. The summed E-state index contributed by atoms with van der Waals surface area (Å²) in [5.74, 6) is -0.285. The van der Waals surface area contributed by atoms with Gasteiger partial charge in [0.15, 0.2) is 0 Å². The minimum Gasteiger partial charge on any atom is -0.353 e. The number of carbonyl (C=O) groups is 2. The Kier molecular flexibility index (Phi) is 6.65. The van der Waals surface area contributed by atoms with Gasteiger partial charge < -0.3 is 10.6 Å². The number of benzene rings is 1. The van der Waals surface area contributed by atoms with Crippen molar-refractivity contribution in [2.75, 3.05) is 18.9 Å². The molecule has 0 saturated heterocycles. The fraction of sp³-hybridized carbons (Fsp3) is 0.467. The molecule has 0 bridgehead atoms. The van der Waals surface area contributed by atoms with E-state index in [0.717, 1.165) is 0 Å². The lowest BCUT2D eigenvalue weighted by atomic mass is 10.2. The number of nitrogens with one attached hydrogen (secondary N) is 2. The van der Waals surface area contributed by atoms with Gasteiger partial charge in [-0.05, 0) is 46.0 Å². The molecule has 1 aromatic carbocycles. The van der Waals surface area contributed by atoms with Crippen LogP contribution in [0.4, 0.5) is 5.69 Å². The highest BCUT2D eigenvalue weighted by atomic mass is 35.5. The Morgan fingerprint density at radius 2 is 1.95 bits per heavy atom. The van der Waals surface area contributed by atoms with Crippen molar-refractivity contribution < 1.29 is 9.59 Å². The number of rotatable bonds is 6. The maximum Gasteiger partial charge on any atom is 0.241 e. The summed E-state index contributed by atoms with van der Waals surface area (Å²) in [7, 11) is 1.74. The maximum absolute atomic E-state index is 12.1. The molecule has 0 heterocycles. The van der Waals surface area contributed by atoms with Crippen LogP contribution in [0, 0.1) is 0 Å². The zero-order valence-electron chi connectivity index (χ0n) is 12.8. The van der Waals surface area contributed by atoms with Crippen molar-refractivity contribution >= 4 is 29.1 Å². The van der Waals surface area contributed by atoms with E-state index in [0.29, 0.717) is 10.7 Å². The highest BCUT2D eigenvalue weighted by Crippen LogP contribution is 2.15. The highest BCUT2D eigenvalue weighted by molar-refractivity contribution is 6.30. The van der Waals surface area contributed by atoms with Crippen LogP contribution in [0.1, 0.15) is 20.8 Å². The van der Waals surface area contributed by atoms with E-state index in [1.54, 1.807) is 43.1 Å². The number of hydrogen-bond acceptors (Lipinski definition) is 3. The first-order valence-electron chi connectivity index (χ1n) is 6.85. The molecule has 5 nitrogen and oxygen atoms in total. The standard InChI is InChI=1S/C15H22ClN3O2/c1-10(2)17-14(20)9-19(4)11(3)15(21)18-13-7-5-6-12(16)8-13/h5-8,10-11H,9H2,1-4H3,(H,17,20)(H,18,21)/t11-/m0/s1. The predicted molar refractivity (Wildman–Crippen MR) is 85.5 cm³/mol. The van der Waals surface area contributed by atoms with Crippen LogP contribution in [0.15, 0.2) is 24.3 Å². The van der Waals surface area contributed by atoms with Gasteiger partial charge in [-0.15, -0.1) is 0 Å². The van der Waals surface area contributed by atoms with Gasteiger partial charge in [-0.25, -0.2) is 0 Å². The minimum atomic E-state index is -0.429. The van der Waals surface area contributed by atoms with Gasteiger partial charge in [0.2, 0.25) is 11.8 Å². The van der Waals surface area contributed by atoms with Crippen LogP contribution < -0.4 is 10.6 Å². The van der Waals surface area contributed by atoms with Crippen molar-refractivity contribution in [2.45, 2.75) is 32.9 Å². The van der Waals surface area contributed by atoms with Crippen molar-refractivity contribution in [3.8, 4) is 0 Å². The van der Waals surface area contributed by atoms with Crippen molar-refractivity contribution in [1.82, 2.24) is 10.2 Å². The smallest absolute Gasteiger partial charge is 0.241 e. The van der Waals surface area contributed by atoms with E-state index in [4.69, 9.17) is 11.6 Å². The molecule has 0 aromatic heterocycles. The molecule has 0 aliphatic heterocycles. The van der Waals surface area contributed by atoms with Gasteiger partial charge in [-0.1, -0.05) is 17.7 Å². The number of likely N-dealkylation sites (N-methyl/N-ethyl adjacent to an activating group) is 1. The van der Waals surface area contributed by atoms with Crippen molar-refractivity contribution in [2.24, 2.45) is 0 Å². The summed E-state index contributed by atoms with van der Waals surface area (Å²) in [5, 5.41) is 6.14. The number of carbonyl (C=O) groups excluding carboxylic acids is 2. The van der Waals surface area contributed by atoms with E-state index in [9.17, 15) is 9.59 Å². The molecular weight excluding hydrogens is 290 g/mol. The Bertz CT molecular complexity index is 505. The molecule has 1 atom stereocenters. The number of hydrogen-bond donors (Lipinski definition) is 2. The Balaban J connectivity index is 2.55. The number of halogens is 1. The Morgan fingerprint density at radius 1 is 1.29 bits per heavy atom. The van der Waals surface area contributed by atoms with E-state index >= 15 is 0 Å². The fourth-order valence-corrected chi connectivity index (χ4v) is 1.93. The second kappa shape index (κ2) is 8.00. The predicted octanol–water partition coefficient (Wildman–Crippen LogP) is 2.12. The van der Waals surface area contributed by atoms with Crippen LogP contribution in [0.5, 0.6) is 0 Å². The average molecular weight is 312 g/mol. The lowest BCUT2D eigenvalue weighted by Gasteiger charge is -2.23. The number of nitrogens with zero attached hydrogens (tertiary/aromatic N) is 1. The molecule has 0 fully saturated rings. The van der Waals surface area contributed by atoms with Crippen LogP contribution in [0.25, 0.3) is 0 Å². The summed E-state index contributed by atoms with van der Waals surface area (Å²) in [6.07, 6.45) is 0. The molecule has 116 valence electrons. The molecule has 0 radical (unpaired) electrons. The SMILES string of the molecule is CC(C)NC(=O)CN(C)[C@@H](C)C(=O)Nc1cccc(Cl)c1. The summed E-state index contributed by atoms with van der Waals surface area (Å²) < 4.78 is 0. The summed E-state index contributed by atoms with van der Waals surface area (Å²) in [5.41, 5.74) is 0.638. The minimum absolute atomic E-state index is 0.0847. The molecule has 6 heteroatoms. The molecule has 21 heavy (non-hydrogen) atoms. The molecule has 0 spiro atoms. The van der Waals surface area contributed by atoms with Gasteiger partial charge in [0.05, 0.1) is 12.6 Å². The summed E-state index contributed by atoms with van der Waals surface area (Å²) in [4.78, 5) is 25.5. The van der Waals surface area contributed by atoms with Crippen molar-refractivity contribution in [1.29, 1.82) is 0 Å². The number of anilines is 1. The Labute approximate surface area is 130 Å². The summed E-state index contributed by atoms with van der Waals surface area (Å²) in [6.45, 7) is 5.71. The molecule has 0 aliphatic rings. The van der Waals surface area contributed by atoms with Crippen LogP contribution in [-0.2, 0) is 9.59 Å². The van der Waals surface area contributed by atoms with Gasteiger partial charge in [0.1, 0.15) is 0 Å². The van der Waals surface area contributed by atoms with E-state index < -0.39 is 6.04 Å². The second-order valence-corrected chi connectivity index (χ2v) is 5.75. The number of amides is 2. The van der Waals surface area contributed by atoms with Gasteiger partial charge in [-0.2, -0.15) is 0 Å². The molecular formula is C15H22ClN3O2. The van der Waals surface area contributed by atoms with E-state index in [-0.39, 0.29) is 24.4 Å². The zero-order valence-corrected chi connectivity index (χ0v) is 13.6. The first kappa shape index (κ1) is 17.5. The van der Waals surface area contributed by atoms with Crippen LogP contribution in [-0.4, -0.2) is 42.4 Å². The topological polar surface area (TPSA) is 61.4 Å². The van der Waals surface area contributed by atoms with Crippen molar-refractivity contribution in [3.63, 3.8) is 0 Å². The lowest BCUT2D eigenvalue weighted by Crippen LogP contribution is -2.45. The normalized spacial score (nSPS) is 12.3. The first-order valence-corrected chi connectivity index (χ1v) is 7.23. The molecule has 2 N–H and O–H groups in total. The Morgan fingerprint density at radius 3 is 2.52 bits per heavy atom. The molecule has 0 aliphatic carbocycles. The second-order valence-electron chi connectivity index (χ2n) is 5.31. The molecule has 0 unspecified atom stereocenters. The van der Waals surface area contributed by atoms with Crippen molar-refractivity contribution in [3.05, 3.63) is 29.3 Å². The fourth-order valence-electron chi connectivity index (χ4n) is 1.74.